The Bertz CT molecular complexity index is 664. The Kier molecular flexibility index (Phi) is 6.42. The number of benzene rings is 2. The second-order valence-corrected chi connectivity index (χ2v) is 6.36. The fraction of sp³-hybridized carbons (Fsp3) is 0.250. The van der Waals surface area contributed by atoms with Gasteiger partial charge in [0.15, 0.2) is 0 Å². The lowest BCUT2D eigenvalue weighted by Gasteiger charge is -2.20. The molecule has 0 fully saturated rings. The fourth-order valence-electron chi connectivity index (χ4n) is 2.43. The van der Waals surface area contributed by atoms with Gasteiger partial charge in [0.25, 0.3) is 0 Å². The van der Waals surface area contributed by atoms with E-state index in [-0.39, 0.29) is 11.9 Å². The number of carbonyl (C=O) groups is 1. The molecule has 2 aromatic rings. The molecule has 0 aliphatic carbocycles. The van der Waals surface area contributed by atoms with Crippen molar-refractivity contribution >= 4 is 23.6 Å². The van der Waals surface area contributed by atoms with E-state index in [1.54, 1.807) is 6.08 Å². The summed E-state index contributed by atoms with van der Waals surface area (Å²) >= 11 is 6.10. The van der Waals surface area contributed by atoms with Crippen LogP contribution < -0.4 is 5.32 Å². The van der Waals surface area contributed by atoms with Crippen LogP contribution >= 0.6 is 11.6 Å². The molecule has 120 valence electrons. The summed E-state index contributed by atoms with van der Waals surface area (Å²) in [6.45, 7) is 4.31. The molecule has 0 spiro atoms. The third-order valence-electron chi connectivity index (χ3n) is 3.55. The van der Waals surface area contributed by atoms with Crippen LogP contribution in [0.1, 0.15) is 37.4 Å². The highest BCUT2D eigenvalue weighted by Crippen LogP contribution is 2.21. The third-order valence-corrected chi connectivity index (χ3v) is 3.89. The van der Waals surface area contributed by atoms with Crippen LogP contribution in [0.25, 0.3) is 6.08 Å². The molecule has 0 aromatic heterocycles. The van der Waals surface area contributed by atoms with Gasteiger partial charge in [0.05, 0.1) is 6.04 Å². The van der Waals surface area contributed by atoms with E-state index in [0.29, 0.717) is 10.9 Å². The summed E-state index contributed by atoms with van der Waals surface area (Å²) in [5.41, 5.74) is 1.96. The van der Waals surface area contributed by atoms with Gasteiger partial charge in [-0.05, 0) is 35.6 Å². The molecule has 1 unspecified atom stereocenters. The third kappa shape index (κ3) is 5.57. The lowest BCUT2D eigenvalue weighted by molar-refractivity contribution is -0.117. The normalized spacial score (nSPS) is 12.5. The molecular weight excluding hydrogens is 306 g/mol. The van der Waals surface area contributed by atoms with Crippen molar-refractivity contribution in [2.75, 3.05) is 0 Å². The van der Waals surface area contributed by atoms with Crippen molar-refractivity contribution in [1.29, 1.82) is 0 Å². The van der Waals surface area contributed by atoms with Gasteiger partial charge in [0, 0.05) is 11.1 Å². The number of hydrogen-bond acceptors (Lipinski definition) is 1. The van der Waals surface area contributed by atoms with Crippen LogP contribution in [0, 0.1) is 5.92 Å². The van der Waals surface area contributed by atoms with E-state index in [0.717, 1.165) is 17.5 Å². The Morgan fingerprint density at radius 1 is 1.09 bits per heavy atom. The standard InChI is InChI=1S/C20H22ClNO/c1-15(2)14-19(17-9-4-3-5-10-17)22-20(23)13-12-16-8-6-7-11-18(16)21/h3-13,15,19H,14H2,1-2H3,(H,22,23)/b13-12+. The van der Waals surface area contributed by atoms with Crippen molar-refractivity contribution in [2.45, 2.75) is 26.3 Å². The average molecular weight is 328 g/mol. The van der Waals surface area contributed by atoms with E-state index in [2.05, 4.69) is 19.2 Å². The maximum Gasteiger partial charge on any atom is 0.244 e. The lowest BCUT2D eigenvalue weighted by Crippen LogP contribution is -2.27. The van der Waals surface area contributed by atoms with Crippen LogP contribution in [0.4, 0.5) is 0 Å². The Labute approximate surface area is 143 Å². The Morgan fingerprint density at radius 3 is 2.39 bits per heavy atom. The molecule has 0 saturated heterocycles. The van der Waals surface area contributed by atoms with Gasteiger partial charge in [0.1, 0.15) is 0 Å². The fourth-order valence-corrected chi connectivity index (χ4v) is 2.63. The molecule has 1 atom stereocenters. The summed E-state index contributed by atoms with van der Waals surface area (Å²) in [6, 6.07) is 17.5. The summed E-state index contributed by atoms with van der Waals surface area (Å²) in [4.78, 5) is 12.3. The molecule has 3 heteroatoms. The minimum absolute atomic E-state index is 0.0135. The molecule has 2 rings (SSSR count). The molecule has 0 aliphatic rings. The van der Waals surface area contributed by atoms with Gasteiger partial charge in [-0.1, -0.05) is 74.0 Å². The highest BCUT2D eigenvalue weighted by molar-refractivity contribution is 6.32. The summed E-state index contributed by atoms with van der Waals surface area (Å²) in [5, 5.41) is 3.72. The molecule has 2 nitrogen and oxygen atoms in total. The van der Waals surface area contributed by atoms with Crippen LogP contribution in [0.2, 0.25) is 5.02 Å². The molecule has 1 amide bonds. The van der Waals surface area contributed by atoms with Gasteiger partial charge >= 0.3 is 0 Å². The minimum atomic E-state index is -0.112. The second-order valence-electron chi connectivity index (χ2n) is 5.96. The van der Waals surface area contributed by atoms with Gasteiger partial charge < -0.3 is 5.32 Å². The highest BCUT2D eigenvalue weighted by atomic mass is 35.5. The number of halogens is 1. The number of amides is 1. The minimum Gasteiger partial charge on any atom is -0.346 e. The number of nitrogens with one attached hydrogen (secondary N) is 1. The Balaban J connectivity index is 2.07. The summed E-state index contributed by atoms with van der Waals surface area (Å²) in [5.74, 6) is 0.382. The number of rotatable bonds is 6. The van der Waals surface area contributed by atoms with E-state index < -0.39 is 0 Å². The first-order chi connectivity index (χ1) is 11.1. The van der Waals surface area contributed by atoms with Gasteiger partial charge in [-0.3, -0.25) is 4.79 Å². The van der Waals surface area contributed by atoms with E-state index in [4.69, 9.17) is 11.6 Å². The van der Waals surface area contributed by atoms with Crippen LogP contribution in [0.5, 0.6) is 0 Å². The lowest BCUT2D eigenvalue weighted by atomic mass is 9.97. The van der Waals surface area contributed by atoms with Crippen molar-refractivity contribution in [3.63, 3.8) is 0 Å². The van der Waals surface area contributed by atoms with Crippen molar-refractivity contribution in [2.24, 2.45) is 5.92 Å². The zero-order chi connectivity index (χ0) is 16.7. The van der Waals surface area contributed by atoms with E-state index in [1.807, 2.05) is 54.6 Å². The van der Waals surface area contributed by atoms with Gasteiger partial charge in [-0.15, -0.1) is 0 Å². The molecule has 0 aliphatic heterocycles. The maximum absolute atomic E-state index is 12.3. The Hall–Kier alpha value is -2.06. The van der Waals surface area contributed by atoms with Crippen molar-refractivity contribution in [1.82, 2.24) is 5.32 Å². The molecular formula is C20H22ClNO. The number of hydrogen-bond donors (Lipinski definition) is 1. The Morgan fingerprint density at radius 2 is 1.74 bits per heavy atom. The van der Waals surface area contributed by atoms with Crippen molar-refractivity contribution in [3.05, 3.63) is 76.8 Å². The summed E-state index contributed by atoms with van der Waals surface area (Å²) < 4.78 is 0. The molecule has 2 aromatic carbocycles. The number of carbonyl (C=O) groups excluding carboxylic acids is 1. The van der Waals surface area contributed by atoms with E-state index in [1.165, 1.54) is 6.08 Å². The van der Waals surface area contributed by atoms with Crippen LogP contribution in [0.15, 0.2) is 60.7 Å². The molecule has 23 heavy (non-hydrogen) atoms. The van der Waals surface area contributed by atoms with Gasteiger partial charge in [0.2, 0.25) is 5.91 Å². The van der Waals surface area contributed by atoms with Gasteiger partial charge in [-0.25, -0.2) is 0 Å². The predicted octanol–water partition coefficient (Wildman–Crippen LogP) is 5.26. The molecule has 1 N–H and O–H groups in total. The van der Waals surface area contributed by atoms with Crippen LogP contribution in [-0.2, 0) is 4.79 Å². The molecule has 0 heterocycles. The molecule has 0 bridgehead atoms. The van der Waals surface area contributed by atoms with Crippen LogP contribution in [-0.4, -0.2) is 5.91 Å². The first-order valence-electron chi connectivity index (χ1n) is 7.84. The first-order valence-corrected chi connectivity index (χ1v) is 8.22. The molecule has 0 saturated carbocycles. The maximum atomic E-state index is 12.3. The van der Waals surface area contributed by atoms with Crippen molar-refractivity contribution in [3.8, 4) is 0 Å². The van der Waals surface area contributed by atoms with E-state index >= 15 is 0 Å². The largest absolute Gasteiger partial charge is 0.346 e. The van der Waals surface area contributed by atoms with Gasteiger partial charge in [-0.2, -0.15) is 0 Å². The summed E-state index contributed by atoms with van der Waals surface area (Å²) in [6.07, 6.45) is 4.18. The molecule has 0 radical (unpaired) electrons. The zero-order valence-corrected chi connectivity index (χ0v) is 14.3. The zero-order valence-electron chi connectivity index (χ0n) is 13.5. The highest BCUT2D eigenvalue weighted by Gasteiger charge is 2.14. The summed E-state index contributed by atoms with van der Waals surface area (Å²) in [7, 11) is 0. The van der Waals surface area contributed by atoms with Crippen molar-refractivity contribution < 1.29 is 4.79 Å². The van der Waals surface area contributed by atoms with Crippen LogP contribution in [0.3, 0.4) is 0 Å². The monoisotopic (exact) mass is 327 g/mol. The predicted molar refractivity (Wildman–Crippen MR) is 97.3 cm³/mol. The quantitative estimate of drug-likeness (QED) is 0.721. The topological polar surface area (TPSA) is 29.1 Å². The van der Waals surface area contributed by atoms with E-state index in [9.17, 15) is 4.79 Å². The SMILES string of the molecule is CC(C)CC(NC(=O)/C=C/c1ccccc1Cl)c1ccccc1. The second kappa shape index (κ2) is 8.54. The smallest absolute Gasteiger partial charge is 0.244 e. The average Bonchev–Trinajstić information content (AvgIpc) is 2.54. The first kappa shape index (κ1) is 17.3.